The monoisotopic (exact) mass is 633 g/mol. The maximum atomic E-state index is 14.0. The Labute approximate surface area is 247 Å². The first-order valence-corrected chi connectivity index (χ1v) is 14.9. The van der Waals surface area contributed by atoms with Crippen LogP contribution in [0.3, 0.4) is 0 Å². The highest BCUT2D eigenvalue weighted by Crippen LogP contribution is 2.44. The number of thiazole rings is 1. The Hall–Kier alpha value is -3.03. The number of hydrogen-bond acceptors (Lipinski definition) is 6. The number of nitrogens with zero attached hydrogens (tertiary/aromatic N) is 2. The Bertz CT molecular complexity index is 2030. The predicted octanol–water partition coefficient (Wildman–Crippen LogP) is 5.38. The molecule has 0 spiro atoms. The molecule has 39 heavy (non-hydrogen) atoms. The molecule has 1 atom stereocenters. The molecule has 3 aromatic carbocycles. The Morgan fingerprint density at radius 3 is 2.21 bits per heavy atom. The lowest BCUT2D eigenvalue weighted by molar-refractivity contribution is 0.599. The molecular weight excluding hydrogens is 620 g/mol. The minimum absolute atomic E-state index is 0.00752. The van der Waals surface area contributed by atoms with Crippen LogP contribution in [0.15, 0.2) is 81.3 Å². The fourth-order valence-electron chi connectivity index (χ4n) is 4.32. The molecule has 2 N–H and O–H groups in total. The van der Waals surface area contributed by atoms with E-state index < -0.39 is 21.3 Å². The van der Waals surface area contributed by atoms with Crippen molar-refractivity contribution in [2.24, 2.45) is 5.73 Å². The van der Waals surface area contributed by atoms with Crippen LogP contribution in [0.2, 0.25) is 20.1 Å². The van der Waals surface area contributed by atoms with Crippen LogP contribution in [0.25, 0.3) is 17.5 Å². The third-order valence-corrected chi connectivity index (χ3v) is 10.2. The van der Waals surface area contributed by atoms with Gasteiger partial charge in [-0.05, 0) is 53.6 Å². The van der Waals surface area contributed by atoms with Crippen molar-refractivity contribution in [1.29, 1.82) is 5.26 Å². The van der Waals surface area contributed by atoms with E-state index in [9.17, 15) is 18.5 Å². The zero-order valence-corrected chi connectivity index (χ0v) is 24.2. The lowest BCUT2D eigenvalue weighted by atomic mass is 9.90. The number of aromatic nitrogens is 1. The van der Waals surface area contributed by atoms with Crippen LogP contribution in [-0.2, 0) is 9.84 Å². The second kappa shape index (κ2) is 10.5. The van der Waals surface area contributed by atoms with E-state index in [-0.39, 0.29) is 35.4 Å². The number of fused-ring (bicyclic) bond motifs is 1. The van der Waals surface area contributed by atoms with E-state index in [1.54, 1.807) is 42.5 Å². The van der Waals surface area contributed by atoms with Gasteiger partial charge in [0.2, 0.25) is 9.84 Å². The third kappa shape index (κ3) is 4.80. The quantitative estimate of drug-likeness (QED) is 0.324. The molecule has 1 unspecified atom stereocenters. The number of sulfone groups is 1. The van der Waals surface area contributed by atoms with Gasteiger partial charge in [0.1, 0.15) is 15.4 Å². The molecule has 0 saturated heterocycles. The standard InChI is InChI=1S/C27H15Cl4N3O3S2/c28-15-7-6-14(20(30)11-15)10-22-26(35)34-25(33)24(39(36,37)17-4-2-1-3-5-17)23(19(13-32)27(34)38-22)18-9-8-16(29)12-21(18)31/h1-12,23H,33H2. The topological polar surface area (TPSA) is 106 Å². The van der Waals surface area contributed by atoms with E-state index >= 15 is 0 Å². The summed E-state index contributed by atoms with van der Waals surface area (Å²) in [5.74, 6) is -1.53. The van der Waals surface area contributed by atoms with Crippen LogP contribution in [0, 0.1) is 11.3 Å². The molecule has 0 bridgehead atoms. The van der Waals surface area contributed by atoms with Crippen molar-refractivity contribution >= 4 is 85.0 Å². The third-order valence-electron chi connectivity index (χ3n) is 6.08. The Morgan fingerprint density at radius 2 is 1.59 bits per heavy atom. The number of hydrogen-bond donors (Lipinski definition) is 1. The highest BCUT2D eigenvalue weighted by atomic mass is 35.5. The van der Waals surface area contributed by atoms with Gasteiger partial charge in [-0.3, -0.25) is 9.36 Å². The molecule has 0 saturated carbocycles. The first-order chi connectivity index (χ1) is 18.5. The lowest BCUT2D eigenvalue weighted by Gasteiger charge is -2.27. The van der Waals surface area contributed by atoms with Gasteiger partial charge in [0.15, 0.2) is 0 Å². The summed E-state index contributed by atoms with van der Waals surface area (Å²) >= 11 is 25.9. The van der Waals surface area contributed by atoms with Crippen molar-refractivity contribution in [3.63, 3.8) is 0 Å². The Balaban J connectivity index is 1.91. The second-order valence-electron chi connectivity index (χ2n) is 8.41. The van der Waals surface area contributed by atoms with Gasteiger partial charge in [0.05, 0.1) is 27.0 Å². The average molecular weight is 635 g/mol. The molecule has 2 heterocycles. The second-order valence-corrected chi connectivity index (χ2v) is 13.0. The van der Waals surface area contributed by atoms with Gasteiger partial charge in [0.25, 0.3) is 5.56 Å². The lowest BCUT2D eigenvalue weighted by Crippen LogP contribution is -2.40. The summed E-state index contributed by atoms with van der Waals surface area (Å²) in [6.45, 7) is 0. The van der Waals surface area contributed by atoms with Crippen LogP contribution >= 0.6 is 57.7 Å². The first-order valence-electron chi connectivity index (χ1n) is 11.1. The smallest absolute Gasteiger partial charge is 0.274 e. The fourth-order valence-corrected chi connectivity index (χ4v) is 8.11. The summed E-state index contributed by atoms with van der Waals surface area (Å²) in [7, 11) is -4.31. The van der Waals surface area contributed by atoms with Crippen LogP contribution < -0.4 is 20.5 Å². The van der Waals surface area contributed by atoms with Crippen LogP contribution in [0.4, 0.5) is 0 Å². The van der Waals surface area contributed by atoms with Gasteiger partial charge in [0, 0.05) is 20.1 Å². The van der Waals surface area contributed by atoms with Gasteiger partial charge >= 0.3 is 0 Å². The first kappa shape index (κ1) is 27.5. The van der Waals surface area contributed by atoms with Crippen molar-refractivity contribution in [1.82, 2.24) is 4.57 Å². The summed E-state index contributed by atoms with van der Waals surface area (Å²) in [5, 5.41) is 11.5. The molecule has 1 aromatic heterocycles. The number of rotatable bonds is 4. The SMILES string of the molecule is N#CC1=c2sc(=Cc3ccc(Cl)cc3Cl)c(=O)n2C(N)=C(S(=O)(=O)c2ccccc2)C1c1ccc(Cl)cc1Cl. The molecule has 12 heteroatoms. The minimum Gasteiger partial charge on any atom is -0.384 e. The molecule has 0 radical (unpaired) electrons. The zero-order valence-electron chi connectivity index (χ0n) is 19.5. The van der Waals surface area contributed by atoms with E-state index in [1.807, 2.05) is 0 Å². The van der Waals surface area contributed by atoms with Gasteiger partial charge < -0.3 is 5.73 Å². The molecule has 6 nitrogen and oxygen atoms in total. The van der Waals surface area contributed by atoms with Crippen LogP contribution in [0.1, 0.15) is 17.0 Å². The highest BCUT2D eigenvalue weighted by molar-refractivity contribution is 7.95. The van der Waals surface area contributed by atoms with E-state index in [1.165, 1.54) is 30.3 Å². The van der Waals surface area contributed by atoms with Gasteiger partial charge in [-0.15, -0.1) is 11.3 Å². The van der Waals surface area contributed by atoms with Gasteiger partial charge in [-0.1, -0.05) is 76.7 Å². The Kier molecular flexibility index (Phi) is 7.42. The zero-order chi connectivity index (χ0) is 28.1. The average Bonchev–Trinajstić information content (AvgIpc) is 3.22. The van der Waals surface area contributed by atoms with Crippen LogP contribution in [0.5, 0.6) is 0 Å². The van der Waals surface area contributed by atoms with Crippen molar-refractivity contribution in [2.45, 2.75) is 10.8 Å². The molecule has 0 fully saturated rings. The molecule has 1 aliphatic rings. The van der Waals surface area contributed by atoms with E-state index in [0.29, 0.717) is 26.2 Å². The number of nitrogens with two attached hydrogens (primary N) is 1. The van der Waals surface area contributed by atoms with E-state index in [4.69, 9.17) is 52.1 Å². The normalized spacial score (nSPS) is 15.8. The maximum Gasteiger partial charge on any atom is 0.274 e. The molecule has 0 amide bonds. The fraction of sp³-hybridized carbons (Fsp3) is 0.0370. The minimum atomic E-state index is -4.31. The van der Waals surface area contributed by atoms with Gasteiger partial charge in [-0.2, -0.15) is 5.26 Å². The molecule has 4 aromatic rings. The number of nitriles is 1. The van der Waals surface area contributed by atoms with E-state index in [2.05, 4.69) is 6.07 Å². The van der Waals surface area contributed by atoms with Crippen LogP contribution in [-0.4, -0.2) is 13.0 Å². The van der Waals surface area contributed by atoms with Gasteiger partial charge in [-0.25, -0.2) is 8.42 Å². The van der Waals surface area contributed by atoms with Crippen molar-refractivity contribution in [2.75, 3.05) is 0 Å². The van der Waals surface area contributed by atoms with Crippen molar-refractivity contribution < 1.29 is 8.42 Å². The summed E-state index contributed by atoms with van der Waals surface area (Å²) < 4.78 is 29.5. The largest absolute Gasteiger partial charge is 0.384 e. The summed E-state index contributed by atoms with van der Waals surface area (Å²) in [6.07, 6.45) is 1.54. The van der Waals surface area contributed by atoms with Crippen molar-refractivity contribution in [3.8, 4) is 6.07 Å². The molecular formula is C27H15Cl4N3O3S2. The summed E-state index contributed by atoms with van der Waals surface area (Å²) in [6, 6.07) is 19.1. The van der Waals surface area contributed by atoms with Crippen molar-refractivity contribution in [3.05, 3.63) is 122 Å². The predicted molar refractivity (Wildman–Crippen MR) is 157 cm³/mol. The number of allylic oxidation sites excluding steroid dienone is 1. The number of benzene rings is 3. The molecule has 0 aliphatic carbocycles. The highest BCUT2D eigenvalue weighted by Gasteiger charge is 2.40. The summed E-state index contributed by atoms with van der Waals surface area (Å²) in [4.78, 5) is 13.2. The molecule has 1 aliphatic heterocycles. The molecule has 196 valence electrons. The molecule has 5 rings (SSSR count). The summed E-state index contributed by atoms with van der Waals surface area (Å²) in [5.41, 5.74) is 6.71. The number of halogens is 4. The van der Waals surface area contributed by atoms with E-state index in [0.717, 1.165) is 15.9 Å². The maximum absolute atomic E-state index is 14.0. The Morgan fingerprint density at radius 1 is 0.949 bits per heavy atom.